The standard InChI is InChI=1S/C20H21ClF2O4/c1-26-14-8-18(22)16(19(23)9-14)5-12-4-11(2-3-17(12)21)20-7-13(25)6-15(10-24)27-20/h2-4,8-9,13,15,20,24-25H,5-7,10H2,1H3. The normalized spacial score (nSPS) is 22.7. The van der Waals surface area contributed by atoms with Crippen molar-refractivity contribution in [2.24, 2.45) is 0 Å². The molecule has 1 saturated heterocycles. The van der Waals surface area contributed by atoms with E-state index in [0.29, 0.717) is 23.4 Å². The molecule has 0 bridgehead atoms. The summed E-state index contributed by atoms with van der Waals surface area (Å²) in [6, 6.07) is 7.38. The molecule has 2 aromatic rings. The lowest BCUT2D eigenvalue weighted by Gasteiger charge is -2.32. The van der Waals surface area contributed by atoms with Crippen LogP contribution in [0.2, 0.25) is 5.02 Å². The predicted molar refractivity (Wildman–Crippen MR) is 97.1 cm³/mol. The third kappa shape index (κ3) is 4.58. The predicted octanol–water partition coefficient (Wildman–Crippen LogP) is 3.79. The summed E-state index contributed by atoms with van der Waals surface area (Å²) in [5, 5.41) is 19.7. The summed E-state index contributed by atoms with van der Waals surface area (Å²) in [5.74, 6) is -1.32. The Balaban J connectivity index is 1.88. The fraction of sp³-hybridized carbons (Fsp3) is 0.400. The largest absolute Gasteiger partial charge is 0.497 e. The molecule has 146 valence electrons. The summed E-state index contributed by atoms with van der Waals surface area (Å²) in [6.07, 6.45) is -0.746. The van der Waals surface area contributed by atoms with Gasteiger partial charge in [0.25, 0.3) is 0 Å². The molecule has 0 aliphatic carbocycles. The van der Waals surface area contributed by atoms with Gasteiger partial charge in [-0.25, -0.2) is 8.78 Å². The second-order valence-electron chi connectivity index (χ2n) is 6.65. The Kier molecular flexibility index (Phi) is 6.32. The molecule has 1 heterocycles. The molecular formula is C20H21ClF2O4. The first-order chi connectivity index (χ1) is 12.9. The summed E-state index contributed by atoms with van der Waals surface area (Å²) < 4.78 is 39.2. The van der Waals surface area contributed by atoms with Crippen LogP contribution in [0.4, 0.5) is 8.78 Å². The van der Waals surface area contributed by atoms with E-state index < -0.39 is 29.9 Å². The van der Waals surface area contributed by atoms with Crippen molar-refractivity contribution < 1.29 is 28.5 Å². The van der Waals surface area contributed by atoms with Crippen molar-refractivity contribution in [1.29, 1.82) is 0 Å². The zero-order chi connectivity index (χ0) is 19.6. The third-order valence-electron chi connectivity index (χ3n) is 4.74. The molecule has 3 atom stereocenters. The van der Waals surface area contributed by atoms with Crippen LogP contribution in [0.3, 0.4) is 0 Å². The molecule has 1 aliphatic heterocycles. The van der Waals surface area contributed by atoms with Crippen molar-refractivity contribution in [3.05, 3.63) is 63.7 Å². The van der Waals surface area contributed by atoms with Crippen molar-refractivity contribution in [1.82, 2.24) is 0 Å². The van der Waals surface area contributed by atoms with E-state index in [9.17, 15) is 19.0 Å². The Labute approximate surface area is 161 Å². The van der Waals surface area contributed by atoms with E-state index >= 15 is 0 Å². The number of aliphatic hydroxyl groups is 2. The van der Waals surface area contributed by atoms with E-state index in [1.165, 1.54) is 7.11 Å². The summed E-state index contributed by atoms with van der Waals surface area (Å²) in [6.45, 7) is -0.184. The average molecular weight is 399 g/mol. The van der Waals surface area contributed by atoms with Gasteiger partial charge in [0.05, 0.1) is 32.0 Å². The first-order valence-electron chi connectivity index (χ1n) is 8.65. The van der Waals surface area contributed by atoms with Gasteiger partial charge in [-0.3, -0.25) is 0 Å². The lowest BCUT2D eigenvalue weighted by atomic mass is 9.94. The molecule has 0 spiro atoms. The maximum absolute atomic E-state index is 14.3. The van der Waals surface area contributed by atoms with E-state index in [-0.39, 0.29) is 24.3 Å². The highest BCUT2D eigenvalue weighted by Gasteiger charge is 2.29. The van der Waals surface area contributed by atoms with Crippen LogP contribution in [0.5, 0.6) is 5.75 Å². The molecule has 0 radical (unpaired) electrons. The molecule has 4 nitrogen and oxygen atoms in total. The van der Waals surface area contributed by atoms with E-state index in [2.05, 4.69) is 0 Å². The molecule has 2 aromatic carbocycles. The lowest BCUT2D eigenvalue weighted by molar-refractivity contribution is -0.113. The van der Waals surface area contributed by atoms with Gasteiger partial charge in [0.2, 0.25) is 0 Å². The second-order valence-corrected chi connectivity index (χ2v) is 7.06. The van der Waals surface area contributed by atoms with Gasteiger partial charge in [0, 0.05) is 42.0 Å². The van der Waals surface area contributed by atoms with Crippen molar-refractivity contribution in [2.45, 2.75) is 37.6 Å². The van der Waals surface area contributed by atoms with Crippen LogP contribution in [0.15, 0.2) is 30.3 Å². The van der Waals surface area contributed by atoms with Crippen molar-refractivity contribution >= 4 is 11.6 Å². The Hall–Kier alpha value is -1.73. The number of halogens is 3. The summed E-state index contributed by atoms with van der Waals surface area (Å²) in [7, 11) is 1.34. The first-order valence-corrected chi connectivity index (χ1v) is 9.03. The van der Waals surface area contributed by atoms with E-state index in [4.69, 9.17) is 21.1 Å². The van der Waals surface area contributed by atoms with Crippen LogP contribution >= 0.6 is 11.6 Å². The highest BCUT2D eigenvalue weighted by Crippen LogP contribution is 2.34. The smallest absolute Gasteiger partial charge is 0.133 e. The number of aliphatic hydroxyl groups excluding tert-OH is 2. The highest BCUT2D eigenvalue weighted by atomic mass is 35.5. The minimum absolute atomic E-state index is 0.0347. The van der Waals surface area contributed by atoms with Gasteiger partial charge in [0.15, 0.2) is 0 Å². The number of hydrogen-bond donors (Lipinski definition) is 2. The molecular weight excluding hydrogens is 378 g/mol. The molecule has 2 N–H and O–H groups in total. The second kappa shape index (κ2) is 8.52. The fourth-order valence-corrected chi connectivity index (χ4v) is 3.49. The molecule has 1 fully saturated rings. The number of benzene rings is 2. The van der Waals surface area contributed by atoms with Gasteiger partial charge < -0.3 is 19.7 Å². The molecule has 3 unspecified atom stereocenters. The number of hydrogen-bond acceptors (Lipinski definition) is 4. The summed E-state index contributed by atoms with van der Waals surface area (Å²) in [5.41, 5.74) is 1.18. The van der Waals surface area contributed by atoms with E-state index in [1.54, 1.807) is 18.2 Å². The molecule has 1 aliphatic rings. The minimum atomic E-state index is -0.710. The fourth-order valence-electron chi connectivity index (χ4n) is 3.31. The summed E-state index contributed by atoms with van der Waals surface area (Å²) in [4.78, 5) is 0. The maximum atomic E-state index is 14.3. The zero-order valence-corrected chi connectivity index (χ0v) is 15.5. The van der Waals surface area contributed by atoms with Crippen LogP contribution in [-0.2, 0) is 11.2 Å². The van der Waals surface area contributed by atoms with Gasteiger partial charge in [-0.1, -0.05) is 23.7 Å². The van der Waals surface area contributed by atoms with Crippen LogP contribution < -0.4 is 4.74 Å². The highest BCUT2D eigenvalue weighted by molar-refractivity contribution is 6.31. The number of ether oxygens (including phenoxy) is 2. The van der Waals surface area contributed by atoms with Crippen molar-refractivity contribution in [3.8, 4) is 5.75 Å². The Morgan fingerprint density at radius 3 is 2.52 bits per heavy atom. The minimum Gasteiger partial charge on any atom is -0.497 e. The molecule has 0 aromatic heterocycles. The van der Waals surface area contributed by atoms with Gasteiger partial charge in [-0.15, -0.1) is 0 Å². The van der Waals surface area contributed by atoms with Gasteiger partial charge in [-0.05, 0) is 17.2 Å². The van der Waals surface area contributed by atoms with Crippen LogP contribution in [0, 0.1) is 11.6 Å². The van der Waals surface area contributed by atoms with Gasteiger partial charge in [-0.2, -0.15) is 0 Å². The molecule has 7 heteroatoms. The van der Waals surface area contributed by atoms with Crippen LogP contribution in [-0.4, -0.2) is 36.1 Å². The molecule has 0 saturated carbocycles. The number of rotatable bonds is 5. The van der Waals surface area contributed by atoms with Gasteiger partial charge >= 0.3 is 0 Å². The topological polar surface area (TPSA) is 58.9 Å². The Morgan fingerprint density at radius 1 is 1.19 bits per heavy atom. The SMILES string of the molecule is COc1cc(F)c(Cc2cc(C3CC(O)CC(CO)O3)ccc2Cl)c(F)c1. The monoisotopic (exact) mass is 398 g/mol. The van der Waals surface area contributed by atoms with E-state index in [0.717, 1.165) is 17.7 Å². The maximum Gasteiger partial charge on any atom is 0.133 e. The first kappa shape index (κ1) is 20.0. The van der Waals surface area contributed by atoms with Crippen LogP contribution in [0.25, 0.3) is 0 Å². The zero-order valence-electron chi connectivity index (χ0n) is 14.8. The summed E-state index contributed by atoms with van der Waals surface area (Å²) >= 11 is 6.23. The Bertz CT molecular complexity index is 792. The Morgan fingerprint density at radius 2 is 1.89 bits per heavy atom. The van der Waals surface area contributed by atoms with E-state index in [1.807, 2.05) is 0 Å². The van der Waals surface area contributed by atoms with Crippen molar-refractivity contribution in [2.75, 3.05) is 13.7 Å². The van der Waals surface area contributed by atoms with Crippen LogP contribution in [0.1, 0.15) is 35.6 Å². The average Bonchev–Trinajstić information content (AvgIpc) is 2.65. The number of methoxy groups -OCH3 is 1. The third-order valence-corrected chi connectivity index (χ3v) is 5.11. The van der Waals surface area contributed by atoms with Crippen molar-refractivity contribution in [3.63, 3.8) is 0 Å². The molecule has 3 rings (SSSR count). The quantitative estimate of drug-likeness (QED) is 0.804. The molecule has 0 amide bonds. The lowest BCUT2D eigenvalue weighted by Crippen LogP contribution is -2.33. The molecule has 27 heavy (non-hydrogen) atoms. The van der Waals surface area contributed by atoms with Gasteiger partial charge in [0.1, 0.15) is 17.4 Å².